The Kier molecular flexibility index (Phi) is 6.19. The lowest BCUT2D eigenvalue weighted by Crippen LogP contribution is -2.41. The van der Waals surface area contributed by atoms with Gasteiger partial charge in [-0.25, -0.2) is 0 Å². The van der Waals surface area contributed by atoms with Gasteiger partial charge in [0.15, 0.2) is 0 Å². The number of aliphatic hydroxyl groups excluding tert-OH is 1. The number of benzene rings is 2. The minimum absolute atomic E-state index is 0.0385. The first-order valence-electron chi connectivity index (χ1n) is 7.76. The average molecular weight is 304 g/mol. The molecule has 2 rings (SSSR count). The molecule has 0 fully saturated rings. The van der Waals surface area contributed by atoms with Gasteiger partial charge >= 0.3 is 0 Å². The molecule has 0 heterocycles. The summed E-state index contributed by atoms with van der Waals surface area (Å²) in [5.74, 6) is -0.737. The van der Waals surface area contributed by atoms with Gasteiger partial charge in [-0.15, -0.1) is 0 Å². The molecule has 0 saturated carbocycles. The second-order valence-electron chi connectivity index (χ2n) is 5.41. The van der Waals surface area contributed by atoms with Crippen LogP contribution in [0.25, 0.3) is 10.8 Å². The van der Waals surface area contributed by atoms with Gasteiger partial charge in [0.25, 0.3) is 0 Å². The average Bonchev–Trinajstić information content (AvgIpc) is 2.54. The minimum Gasteiger partial charge on any atom is -0.459 e. The van der Waals surface area contributed by atoms with E-state index in [1.165, 1.54) is 0 Å². The SMILES string of the molecule is CCCCC(O)(COCCO)Oc1cccc2ccccc12. The molecule has 2 N–H and O–H groups in total. The highest BCUT2D eigenvalue weighted by atomic mass is 16.6. The smallest absolute Gasteiger partial charge is 0.231 e. The van der Waals surface area contributed by atoms with Gasteiger partial charge in [-0.1, -0.05) is 49.7 Å². The monoisotopic (exact) mass is 304 g/mol. The van der Waals surface area contributed by atoms with Crippen LogP contribution in [0.4, 0.5) is 0 Å². The fraction of sp³-hybridized carbons (Fsp3) is 0.444. The molecule has 0 spiro atoms. The van der Waals surface area contributed by atoms with Crippen LogP contribution in [-0.2, 0) is 4.74 Å². The van der Waals surface area contributed by atoms with Crippen molar-refractivity contribution in [1.82, 2.24) is 0 Å². The predicted molar refractivity (Wildman–Crippen MR) is 87.0 cm³/mol. The third-order valence-corrected chi connectivity index (χ3v) is 3.53. The third kappa shape index (κ3) is 4.44. The van der Waals surface area contributed by atoms with E-state index in [0.29, 0.717) is 12.2 Å². The predicted octanol–water partition coefficient (Wildman–Crippen LogP) is 3.11. The first-order valence-corrected chi connectivity index (χ1v) is 7.76. The summed E-state index contributed by atoms with van der Waals surface area (Å²) in [6.45, 7) is 2.22. The standard InChI is InChI=1S/C18H24O4/c1-2-3-11-18(20,14-21-13-12-19)22-17-10-6-8-15-7-4-5-9-16(15)17/h4-10,19-20H,2-3,11-14H2,1H3. The first kappa shape index (κ1) is 16.7. The Bertz CT molecular complexity index is 579. The summed E-state index contributed by atoms with van der Waals surface area (Å²) in [6, 6.07) is 13.7. The van der Waals surface area contributed by atoms with Crippen molar-refractivity contribution in [2.75, 3.05) is 19.8 Å². The Hall–Kier alpha value is -1.62. The van der Waals surface area contributed by atoms with Gasteiger partial charge < -0.3 is 19.7 Å². The summed E-state index contributed by atoms with van der Waals surface area (Å²) in [7, 11) is 0. The van der Waals surface area contributed by atoms with Crippen LogP contribution in [0.15, 0.2) is 42.5 Å². The van der Waals surface area contributed by atoms with Gasteiger partial charge in [-0.2, -0.15) is 0 Å². The van der Waals surface area contributed by atoms with Crippen LogP contribution in [0.3, 0.4) is 0 Å². The molecule has 0 aliphatic rings. The van der Waals surface area contributed by atoms with Crippen LogP contribution >= 0.6 is 0 Å². The molecular formula is C18H24O4. The fourth-order valence-electron chi connectivity index (χ4n) is 2.39. The quantitative estimate of drug-likeness (QED) is 0.552. The Morgan fingerprint density at radius 3 is 2.64 bits per heavy atom. The molecule has 0 aliphatic carbocycles. The Morgan fingerprint density at radius 1 is 1.09 bits per heavy atom. The summed E-state index contributed by atoms with van der Waals surface area (Å²) < 4.78 is 11.2. The largest absolute Gasteiger partial charge is 0.459 e. The number of unbranched alkanes of at least 4 members (excludes halogenated alkanes) is 1. The zero-order valence-electron chi connectivity index (χ0n) is 13.0. The third-order valence-electron chi connectivity index (χ3n) is 3.53. The molecule has 2 aromatic carbocycles. The topological polar surface area (TPSA) is 58.9 Å². The van der Waals surface area contributed by atoms with Crippen molar-refractivity contribution >= 4 is 10.8 Å². The number of hydrogen-bond acceptors (Lipinski definition) is 4. The second-order valence-corrected chi connectivity index (χ2v) is 5.41. The van der Waals surface area contributed by atoms with Crippen molar-refractivity contribution in [1.29, 1.82) is 0 Å². The van der Waals surface area contributed by atoms with Gasteiger partial charge in [-0.3, -0.25) is 0 Å². The molecule has 0 aliphatic heterocycles. The highest BCUT2D eigenvalue weighted by Crippen LogP contribution is 2.29. The van der Waals surface area contributed by atoms with Crippen LogP contribution in [0, 0.1) is 0 Å². The van der Waals surface area contributed by atoms with Crippen molar-refractivity contribution in [2.24, 2.45) is 0 Å². The molecular weight excluding hydrogens is 280 g/mol. The molecule has 0 amide bonds. The number of ether oxygens (including phenoxy) is 2. The molecule has 2 aromatic rings. The number of fused-ring (bicyclic) bond motifs is 1. The minimum atomic E-state index is -1.38. The van der Waals surface area contributed by atoms with Crippen molar-refractivity contribution in [3.63, 3.8) is 0 Å². The van der Waals surface area contributed by atoms with Crippen molar-refractivity contribution in [3.05, 3.63) is 42.5 Å². The van der Waals surface area contributed by atoms with Crippen LogP contribution in [0.5, 0.6) is 5.75 Å². The number of hydrogen-bond donors (Lipinski definition) is 2. The van der Waals surface area contributed by atoms with Gasteiger partial charge in [0.2, 0.25) is 5.79 Å². The van der Waals surface area contributed by atoms with Crippen LogP contribution in [-0.4, -0.2) is 35.8 Å². The van der Waals surface area contributed by atoms with E-state index in [0.717, 1.165) is 23.6 Å². The van der Waals surface area contributed by atoms with E-state index in [9.17, 15) is 5.11 Å². The van der Waals surface area contributed by atoms with E-state index < -0.39 is 5.79 Å². The molecule has 1 unspecified atom stereocenters. The second kappa shape index (κ2) is 8.13. The van der Waals surface area contributed by atoms with E-state index in [1.807, 2.05) is 42.5 Å². The Labute approximate surface area is 131 Å². The molecule has 0 saturated heterocycles. The zero-order chi connectivity index (χ0) is 15.8. The van der Waals surface area contributed by atoms with Crippen molar-refractivity contribution in [2.45, 2.75) is 32.0 Å². The Morgan fingerprint density at radius 2 is 1.86 bits per heavy atom. The van der Waals surface area contributed by atoms with Crippen molar-refractivity contribution < 1.29 is 19.7 Å². The maximum atomic E-state index is 10.8. The number of rotatable bonds is 9. The highest BCUT2D eigenvalue weighted by Gasteiger charge is 2.29. The zero-order valence-corrected chi connectivity index (χ0v) is 13.0. The van der Waals surface area contributed by atoms with E-state index >= 15 is 0 Å². The molecule has 0 radical (unpaired) electrons. The maximum Gasteiger partial charge on any atom is 0.231 e. The van der Waals surface area contributed by atoms with Crippen LogP contribution in [0.2, 0.25) is 0 Å². The van der Waals surface area contributed by atoms with Crippen molar-refractivity contribution in [3.8, 4) is 5.75 Å². The normalized spacial score (nSPS) is 14.0. The molecule has 1 atom stereocenters. The molecule has 120 valence electrons. The molecule has 0 bridgehead atoms. The summed E-state index contributed by atoms with van der Waals surface area (Å²) in [6.07, 6.45) is 2.28. The number of aliphatic hydroxyl groups is 2. The summed E-state index contributed by atoms with van der Waals surface area (Å²) in [4.78, 5) is 0. The van der Waals surface area contributed by atoms with E-state index in [2.05, 4.69) is 6.92 Å². The van der Waals surface area contributed by atoms with Gasteiger partial charge in [0.1, 0.15) is 12.4 Å². The van der Waals surface area contributed by atoms with Crippen LogP contribution in [0.1, 0.15) is 26.2 Å². The lowest BCUT2D eigenvalue weighted by molar-refractivity contribution is -0.183. The fourth-order valence-corrected chi connectivity index (χ4v) is 2.39. The van der Waals surface area contributed by atoms with E-state index in [-0.39, 0.29) is 19.8 Å². The maximum absolute atomic E-state index is 10.8. The summed E-state index contributed by atoms with van der Waals surface area (Å²) in [5.41, 5.74) is 0. The lowest BCUT2D eigenvalue weighted by atomic mass is 10.1. The molecule has 4 nitrogen and oxygen atoms in total. The molecule has 0 aromatic heterocycles. The van der Waals surface area contributed by atoms with Gasteiger partial charge in [0.05, 0.1) is 13.2 Å². The van der Waals surface area contributed by atoms with Gasteiger partial charge in [0, 0.05) is 11.8 Å². The molecule has 22 heavy (non-hydrogen) atoms. The van der Waals surface area contributed by atoms with E-state index in [1.54, 1.807) is 0 Å². The summed E-state index contributed by atoms with van der Waals surface area (Å²) in [5, 5.41) is 21.6. The lowest BCUT2D eigenvalue weighted by Gasteiger charge is -2.29. The van der Waals surface area contributed by atoms with Gasteiger partial charge in [-0.05, 0) is 17.9 Å². The van der Waals surface area contributed by atoms with Crippen LogP contribution < -0.4 is 4.74 Å². The highest BCUT2D eigenvalue weighted by molar-refractivity contribution is 5.88. The summed E-state index contributed by atoms with van der Waals surface area (Å²) >= 11 is 0. The van der Waals surface area contributed by atoms with E-state index in [4.69, 9.17) is 14.6 Å². The molecule has 4 heteroatoms. The Balaban J connectivity index is 2.20. The first-order chi connectivity index (χ1) is 10.7.